The molecule has 1 aromatic heterocycles. The Balaban J connectivity index is 2.01. The third-order valence-electron chi connectivity index (χ3n) is 3.15. The second-order valence-corrected chi connectivity index (χ2v) is 5.76. The van der Waals surface area contributed by atoms with Crippen molar-refractivity contribution in [3.05, 3.63) is 24.0 Å². The molecule has 1 atom stereocenters. The average molecular weight is 251 g/mol. The number of benzene rings is 1. The first kappa shape index (κ1) is 10.9. The number of halogens is 1. The lowest BCUT2D eigenvalue weighted by molar-refractivity contribution is 0.625. The number of rotatable bonds is 2. The molecule has 1 unspecified atom stereocenters. The lowest BCUT2D eigenvalue weighted by Gasteiger charge is -2.11. The molecule has 3 rings (SSSR count). The van der Waals surface area contributed by atoms with Gasteiger partial charge < -0.3 is 10.3 Å². The number of aromatic nitrogens is 2. The maximum atomic E-state index is 13.3. The van der Waals surface area contributed by atoms with Gasteiger partial charge in [0.15, 0.2) is 0 Å². The summed E-state index contributed by atoms with van der Waals surface area (Å²) in [5.74, 6) is 1.46. The van der Waals surface area contributed by atoms with Crippen LogP contribution in [-0.2, 0) is 6.54 Å². The molecule has 1 aliphatic rings. The highest BCUT2D eigenvalue weighted by atomic mass is 32.2. The molecule has 90 valence electrons. The largest absolute Gasteiger partial charge is 0.369 e. The first-order valence-electron chi connectivity index (χ1n) is 5.77. The zero-order valence-electron chi connectivity index (χ0n) is 9.40. The zero-order chi connectivity index (χ0) is 11.8. The normalized spacial score (nSPS) is 20.2. The number of nitrogen functional groups attached to an aromatic ring is 1. The van der Waals surface area contributed by atoms with Crippen LogP contribution in [0, 0.1) is 5.82 Å². The highest BCUT2D eigenvalue weighted by molar-refractivity contribution is 8.00. The Kier molecular flexibility index (Phi) is 2.70. The minimum atomic E-state index is -0.238. The molecule has 2 aromatic rings. The number of nitrogens with two attached hydrogens (primary N) is 1. The number of hydrogen-bond acceptors (Lipinski definition) is 3. The van der Waals surface area contributed by atoms with E-state index in [-0.39, 0.29) is 5.82 Å². The van der Waals surface area contributed by atoms with Crippen molar-refractivity contribution >= 4 is 28.7 Å². The van der Waals surface area contributed by atoms with Crippen LogP contribution >= 0.6 is 11.8 Å². The van der Waals surface area contributed by atoms with E-state index in [1.54, 1.807) is 6.07 Å². The molecule has 0 aliphatic carbocycles. The SMILES string of the molecule is Nc1nc2ccc(F)cc2n1CC1CCCS1. The van der Waals surface area contributed by atoms with Crippen LogP contribution < -0.4 is 5.73 Å². The Labute approximate surface area is 103 Å². The second kappa shape index (κ2) is 4.22. The van der Waals surface area contributed by atoms with E-state index < -0.39 is 0 Å². The second-order valence-electron chi connectivity index (χ2n) is 4.35. The highest BCUT2D eigenvalue weighted by Gasteiger charge is 2.18. The summed E-state index contributed by atoms with van der Waals surface area (Å²) in [4.78, 5) is 4.26. The molecule has 1 fully saturated rings. The van der Waals surface area contributed by atoms with Crippen molar-refractivity contribution in [2.24, 2.45) is 0 Å². The van der Waals surface area contributed by atoms with Crippen LogP contribution in [0.3, 0.4) is 0 Å². The van der Waals surface area contributed by atoms with Gasteiger partial charge in [-0.15, -0.1) is 0 Å². The van der Waals surface area contributed by atoms with E-state index in [0.717, 1.165) is 17.6 Å². The fraction of sp³-hybridized carbons (Fsp3) is 0.417. The van der Waals surface area contributed by atoms with E-state index in [1.807, 2.05) is 16.3 Å². The molecule has 0 amide bonds. The molecule has 0 spiro atoms. The molecular formula is C12H14FN3S. The predicted molar refractivity (Wildman–Crippen MR) is 69.6 cm³/mol. The summed E-state index contributed by atoms with van der Waals surface area (Å²) in [6.07, 6.45) is 2.47. The topological polar surface area (TPSA) is 43.8 Å². The highest BCUT2D eigenvalue weighted by Crippen LogP contribution is 2.29. The van der Waals surface area contributed by atoms with Crippen LogP contribution in [0.25, 0.3) is 11.0 Å². The third-order valence-corrected chi connectivity index (χ3v) is 4.53. The van der Waals surface area contributed by atoms with E-state index in [0.29, 0.717) is 11.2 Å². The van der Waals surface area contributed by atoms with Gasteiger partial charge in [-0.25, -0.2) is 9.37 Å². The number of fused-ring (bicyclic) bond motifs is 1. The molecule has 0 saturated carbocycles. The lowest BCUT2D eigenvalue weighted by atomic mass is 10.2. The van der Waals surface area contributed by atoms with Gasteiger partial charge in [0.1, 0.15) is 5.82 Å². The Hall–Kier alpha value is -1.23. The van der Waals surface area contributed by atoms with Crippen LogP contribution in [0.4, 0.5) is 10.3 Å². The summed E-state index contributed by atoms with van der Waals surface area (Å²) < 4.78 is 15.2. The Morgan fingerprint density at radius 3 is 3.18 bits per heavy atom. The molecule has 0 bridgehead atoms. The van der Waals surface area contributed by atoms with Gasteiger partial charge in [0, 0.05) is 11.8 Å². The summed E-state index contributed by atoms with van der Waals surface area (Å²) in [7, 11) is 0. The standard InChI is InChI=1S/C12H14FN3S/c13-8-3-4-10-11(6-8)16(12(14)15-10)7-9-2-1-5-17-9/h3-4,6,9H,1-2,5,7H2,(H2,14,15). The molecule has 0 radical (unpaired) electrons. The molecule has 1 aliphatic heterocycles. The Morgan fingerprint density at radius 2 is 2.41 bits per heavy atom. The molecule has 2 heterocycles. The van der Waals surface area contributed by atoms with Gasteiger partial charge in [-0.1, -0.05) is 0 Å². The number of anilines is 1. The maximum Gasteiger partial charge on any atom is 0.201 e. The minimum Gasteiger partial charge on any atom is -0.369 e. The molecule has 5 heteroatoms. The monoisotopic (exact) mass is 251 g/mol. The van der Waals surface area contributed by atoms with Gasteiger partial charge in [0.2, 0.25) is 5.95 Å². The smallest absolute Gasteiger partial charge is 0.201 e. The fourth-order valence-corrected chi connectivity index (χ4v) is 3.55. The van der Waals surface area contributed by atoms with E-state index in [9.17, 15) is 4.39 Å². The van der Waals surface area contributed by atoms with Crippen molar-refractivity contribution in [1.82, 2.24) is 9.55 Å². The fourth-order valence-electron chi connectivity index (χ4n) is 2.30. The van der Waals surface area contributed by atoms with E-state index in [1.165, 1.54) is 30.7 Å². The lowest BCUT2D eigenvalue weighted by Crippen LogP contribution is -2.12. The van der Waals surface area contributed by atoms with E-state index in [2.05, 4.69) is 4.98 Å². The molecule has 3 nitrogen and oxygen atoms in total. The van der Waals surface area contributed by atoms with Crippen LogP contribution in [0.1, 0.15) is 12.8 Å². The number of imidazole rings is 1. The summed E-state index contributed by atoms with van der Waals surface area (Å²) in [5, 5.41) is 0.581. The van der Waals surface area contributed by atoms with Crippen molar-refractivity contribution in [1.29, 1.82) is 0 Å². The van der Waals surface area contributed by atoms with Crippen molar-refractivity contribution in [2.75, 3.05) is 11.5 Å². The predicted octanol–water partition coefficient (Wildman–Crippen LogP) is 2.65. The van der Waals surface area contributed by atoms with E-state index >= 15 is 0 Å². The molecule has 2 N–H and O–H groups in total. The average Bonchev–Trinajstić information content (AvgIpc) is 2.90. The van der Waals surface area contributed by atoms with Crippen LogP contribution in [0.15, 0.2) is 18.2 Å². The number of nitrogens with zero attached hydrogens (tertiary/aromatic N) is 2. The van der Waals surface area contributed by atoms with Crippen LogP contribution in [0.2, 0.25) is 0 Å². The first-order valence-corrected chi connectivity index (χ1v) is 6.82. The van der Waals surface area contributed by atoms with Gasteiger partial charge >= 0.3 is 0 Å². The quantitative estimate of drug-likeness (QED) is 0.892. The number of hydrogen-bond donors (Lipinski definition) is 1. The van der Waals surface area contributed by atoms with Gasteiger partial charge in [0.25, 0.3) is 0 Å². The summed E-state index contributed by atoms with van der Waals surface area (Å²) in [6, 6.07) is 4.61. The minimum absolute atomic E-state index is 0.238. The van der Waals surface area contributed by atoms with Crippen molar-refractivity contribution in [3.8, 4) is 0 Å². The van der Waals surface area contributed by atoms with Gasteiger partial charge in [0.05, 0.1) is 11.0 Å². The van der Waals surface area contributed by atoms with Gasteiger partial charge in [-0.2, -0.15) is 11.8 Å². The Morgan fingerprint density at radius 1 is 1.53 bits per heavy atom. The Bertz CT molecular complexity index is 546. The van der Waals surface area contributed by atoms with Crippen molar-refractivity contribution < 1.29 is 4.39 Å². The van der Waals surface area contributed by atoms with Crippen molar-refractivity contribution in [2.45, 2.75) is 24.6 Å². The zero-order valence-corrected chi connectivity index (χ0v) is 10.2. The van der Waals surface area contributed by atoms with E-state index in [4.69, 9.17) is 5.73 Å². The summed E-state index contributed by atoms with van der Waals surface area (Å²) in [5.41, 5.74) is 7.47. The summed E-state index contributed by atoms with van der Waals surface area (Å²) >= 11 is 1.96. The summed E-state index contributed by atoms with van der Waals surface area (Å²) in [6.45, 7) is 0.830. The van der Waals surface area contributed by atoms with Gasteiger partial charge in [-0.3, -0.25) is 0 Å². The van der Waals surface area contributed by atoms with Crippen LogP contribution in [0.5, 0.6) is 0 Å². The third kappa shape index (κ3) is 1.99. The first-order chi connectivity index (χ1) is 8.24. The number of thioether (sulfide) groups is 1. The molecule has 1 saturated heterocycles. The molecular weight excluding hydrogens is 237 g/mol. The van der Waals surface area contributed by atoms with Crippen molar-refractivity contribution in [3.63, 3.8) is 0 Å². The molecule has 17 heavy (non-hydrogen) atoms. The maximum absolute atomic E-state index is 13.3. The van der Waals surface area contributed by atoms with Gasteiger partial charge in [-0.05, 0) is 36.8 Å². The van der Waals surface area contributed by atoms with Crippen LogP contribution in [-0.4, -0.2) is 20.6 Å². The molecule has 1 aromatic carbocycles.